The lowest BCUT2D eigenvalue weighted by atomic mass is 10.2. The smallest absolute Gasteiger partial charge is 0.243 e. The summed E-state index contributed by atoms with van der Waals surface area (Å²) in [4.78, 5) is 0.302. The van der Waals surface area contributed by atoms with E-state index in [0.29, 0.717) is 23.8 Å². The lowest BCUT2D eigenvalue weighted by Gasteiger charge is -2.23. The molecule has 1 atom stereocenters. The molecule has 0 amide bonds. The normalized spacial score (nSPS) is 20.6. The number of benzene rings is 1. The molecule has 1 unspecified atom stereocenters. The SMILES string of the molecule is COCC1CCCN1S(=O)(=O)c1ccc(OC)cc1. The van der Waals surface area contributed by atoms with E-state index < -0.39 is 10.0 Å². The minimum Gasteiger partial charge on any atom is -0.497 e. The molecule has 0 bridgehead atoms. The zero-order valence-corrected chi connectivity index (χ0v) is 12.0. The summed E-state index contributed by atoms with van der Waals surface area (Å²) in [5.74, 6) is 0.647. The second-order valence-corrected chi connectivity index (χ2v) is 6.43. The molecule has 0 aliphatic carbocycles. The lowest BCUT2D eigenvalue weighted by Crippen LogP contribution is -2.38. The summed E-state index contributed by atoms with van der Waals surface area (Å²) < 4.78 is 36.8. The molecule has 0 spiro atoms. The van der Waals surface area contributed by atoms with E-state index in [-0.39, 0.29) is 6.04 Å². The number of sulfonamides is 1. The lowest BCUT2D eigenvalue weighted by molar-refractivity contribution is 0.149. The quantitative estimate of drug-likeness (QED) is 0.822. The predicted octanol–water partition coefficient (Wildman–Crippen LogP) is 1.49. The van der Waals surface area contributed by atoms with E-state index >= 15 is 0 Å². The Hall–Kier alpha value is -1.11. The summed E-state index contributed by atoms with van der Waals surface area (Å²) in [6.45, 7) is 0.998. The van der Waals surface area contributed by atoms with E-state index in [1.165, 1.54) is 4.31 Å². The van der Waals surface area contributed by atoms with Gasteiger partial charge in [-0.15, -0.1) is 0 Å². The van der Waals surface area contributed by atoms with Gasteiger partial charge in [0.1, 0.15) is 5.75 Å². The Morgan fingerprint density at radius 3 is 2.53 bits per heavy atom. The van der Waals surface area contributed by atoms with Crippen LogP contribution in [-0.4, -0.2) is 46.1 Å². The van der Waals surface area contributed by atoms with Crippen molar-refractivity contribution in [3.05, 3.63) is 24.3 Å². The molecule has 0 N–H and O–H groups in total. The van der Waals surface area contributed by atoms with Crippen LogP contribution in [0.5, 0.6) is 5.75 Å². The highest BCUT2D eigenvalue weighted by Crippen LogP contribution is 2.27. The first-order valence-electron chi connectivity index (χ1n) is 6.24. The van der Waals surface area contributed by atoms with Crippen LogP contribution in [0.25, 0.3) is 0 Å². The van der Waals surface area contributed by atoms with E-state index in [0.717, 1.165) is 12.8 Å². The standard InChI is InChI=1S/C13H19NO4S/c1-17-10-11-4-3-9-14(11)19(15,16)13-7-5-12(18-2)6-8-13/h5-8,11H,3-4,9-10H2,1-2H3. The molecule has 1 heterocycles. The summed E-state index contributed by atoms with van der Waals surface area (Å²) in [6.07, 6.45) is 1.73. The van der Waals surface area contributed by atoms with Crippen LogP contribution in [0, 0.1) is 0 Å². The van der Waals surface area contributed by atoms with E-state index in [4.69, 9.17) is 9.47 Å². The van der Waals surface area contributed by atoms with Crippen molar-refractivity contribution in [3.8, 4) is 5.75 Å². The van der Waals surface area contributed by atoms with Crippen molar-refractivity contribution in [1.82, 2.24) is 4.31 Å². The van der Waals surface area contributed by atoms with Gasteiger partial charge < -0.3 is 9.47 Å². The maximum Gasteiger partial charge on any atom is 0.243 e. The number of nitrogens with zero attached hydrogens (tertiary/aromatic N) is 1. The highest BCUT2D eigenvalue weighted by molar-refractivity contribution is 7.89. The number of ether oxygens (including phenoxy) is 2. The molecule has 0 radical (unpaired) electrons. The second kappa shape index (κ2) is 5.90. The molecule has 1 fully saturated rings. The fraction of sp³-hybridized carbons (Fsp3) is 0.538. The molecule has 5 nitrogen and oxygen atoms in total. The highest BCUT2D eigenvalue weighted by atomic mass is 32.2. The van der Waals surface area contributed by atoms with Crippen molar-refractivity contribution in [1.29, 1.82) is 0 Å². The Morgan fingerprint density at radius 2 is 1.95 bits per heavy atom. The molecule has 1 aliphatic heterocycles. The summed E-state index contributed by atoms with van der Waals surface area (Å²) in [5.41, 5.74) is 0. The van der Waals surface area contributed by atoms with Gasteiger partial charge in [0.05, 0.1) is 18.6 Å². The molecular formula is C13H19NO4S. The van der Waals surface area contributed by atoms with Crippen LogP contribution in [0.15, 0.2) is 29.2 Å². The minimum absolute atomic E-state index is 0.0582. The molecule has 1 aliphatic rings. The van der Waals surface area contributed by atoms with Crippen molar-refractivity contribution in [2.75, 3.05) is 27.4 Å². The van der Waals surface area contributed by atoms with Crippen LogP contribution < -0.4 is 4.74 Å². The van der Waals surface area contributed by atoms with Crippen LogP contribution in [0.4, 0.5) is 0 Å². The van der Waals surface area contributed by atoms with Gasteiger partial charge in [0.25, 0.3) is 0 Å². The first kappa shape index (κ1) is 14.3. The van der Waals surface area contributed by atoms with Gasteiger partial charge in [0.2, 0.25) is 10.0 Å². The van der Waals surface area contributed by atoms with Gasteiger partial charge in [-0.1, -0.05) is 0 Å². The summed E-state index contributed by atoms with van der Waals surface area (Å²) in [7, 11) is -0.289. The highest BCUT2D eigenvalue weighted by Gasteiger charge is 2.35. The number of hydrogen-bond donors (Lipinski definition) is 0. The molecule has 1 saturated heterocycles. The van der Waals surface area contributed by atoms with Crippen molar-refractivity contribution in [3.63, 3.8) is 0 Å². The third-order valence-corrected chi connectivity index (χ3v) is 5.31. The molecule has 2 rings (SSSR count). The van der Waals surface area contributed by atoms with Gasteiger partial charge >= 0.3 is 0 Å². The number of methoxy groups -OCH3 is 2. The van der Waals surface area contributed by atoms with Crippen LogP contribution in [-0.2, 0) is 14.8 Å². The molecule has 19 heavy (non-hydrogen) atoms. The average Bonchev–Trinajstić information content (AvgIpc) is 2.88. The van der Waals surface area contributed by atoms with Crippen molar-refractivity contribution >= 4 is 10.0 Å². The third kappa shape index (κ3) is 2.91. The Kier molecular flexibility index (Phi) is 4.44. The van der Waals surface area contributed by atoms with Crippen LogP contribution in [0.3, 0.4) is 0 Å². The first-order valence-corrected chi connectivity index (χ1v) is 7.68. The van der Waals surface area contributed by atoms with E-state index in [1.807, 2.05) is 0 Å². The molecule has 106 valence electrons. The molecule has 0 saturated carbocycles. The molecule has 0 aromatic heterocycles. The van der Waals surface area contributed by atoms with Crippen LogP contribution in [0.1, 0.15) is 12.8 Å². The molecule has 6 heteroatoms. The monoisotopic (exact) mass is 285 g/mol. The van der Waals surface area contributed by atoms with Gasteiger partial charge in [-0.2, -0.15) is 4.31 Å². The van der Waals surface area contributed by atoms with Gasteiger partial charge in [-0.05, 0) is 37.1 Å². The zero-order chi connectivity index (χ0) is 13.9. The van der Waals surface area contributed by atoms with Gasteiger partial charge in [-0.25, -0.2) is 8.42 Å². The molecular weight excluding hydrogens is 266 g/mol. The summed E-state index contributed by atoms with van der Waals surface area (Å²) in [5, 5.41) is 0. The van der Waals surface area contributed by atoms with E-state index in [9.17, 15) is 8.42 Å². The minimum atomic E-state index is -3.44. The van der Waals surface area contributed by atoms with Gasteiger partial charge in [-0.3, -0.25) is 0 Å². The average molecular weight is 285 g/mol. The topological polar surface area (TPSA) is 55.8 Å². The number of hydrogen-bond acceptors (Lipinski definition) is 4. The van der Waals surface area contributed by atoms with Crippen molar-refractivity contribution < 1.29 is 17.9 Å². The van der Waals surface area contributed by atoms with E-state index in [1.54, 1.807) is 38.5 Å². The van der Waals surface area contributed by atoms with Crippen LogP contribution in [0.2, 0.25) is 0 Å². The van der Waals surface area contributed by atoms with Gasteiger partial charge in [0, 0.05) is 19.7 Å². The fourth-order valence-corrected chi connectivity index (χ4v) is 4.05. The Morgan fingerprint density at radius 1 is 1.26 bits per heavy atom. The van der Waals surface area contributed by atoms with Crippen molar-refractivity contribution in [2.24, 2.45) is 0 Å². The Bertz CT molecular complexity index is 512. The molecule has 1 aromatic rings. The summed E-state index contributed by atoms with van der Waals surface area (Å²) in [6, 6.07) is 6.42. The van der Waals surface area contributed by atoms with Gasteiger partial charge in [0.15, 0.2) is 0 Å². The largest absolute Gasteiger partial charge is 0.497 e. The molecule has 1 aromatic carbocycles. The Balaban J connectivity index is 2.25. The number of rotatable bonds is 5. The third-order valence-electron chi connectivity index (χ3n) is 3.35. The first-order chi connectivity index (χ1) is 9.09. The summed E-state index contributed by atoms with van der Waals surface area (Å²) >= 11 is 0. The van der Waals surface area contributed by atoms with Crippen LogP contribution >= 0.6 is 0 Å². The predicted molar refractivity (Wildman–Crippen MR) is 71.8 cm³/mol. The maximum absolute atomic E-state index is 12.5. The maximum atomic E-state index is 12.5. The second-order valence-electron chi connectivity index (χ2n) is 4.54. The Labute approximate surface area is 114 Å². The van der Waals surface area contributed by atoms with Crippen molar-refractivity contribution in [2.45, 2.75) is 23.8 Å². The van der Waals surface area contributed by atoms with E-state index in [2.05, 4.69) is 0 Å². The zero-order valence-electron chi connectivity index (χ0n) is 11.2. The fourth-order valence-electron chi connectivity index (χ4n) is 2.37.